The van der Waals surface area contributed by atoms with Gasteiger partial charge < -0.3 is 55.3 Å². The molecule has 18 nitrogen and oxygen atoms in total. The number of aromatic hydroxyl groups is 2. The summed E-state index contributed by atoms with van der Waals surface area (Å²) in [5.41, 5.74) is -4.00. The van der Waals surface area contributed by atoms with E-state index in [9.17, 15) is 54.3 Å². The molecule has 0 radical (unpaired) electrons. The number of ketones is 3. The van der Waals surface area contributed by atoms with E-state index in [0.717, 1.165) is 0 Å². The number of hydrogen-bond acceptors (Lipinski definition) is 15. The van der Waals surface area contributed by atoms with E-state index in [1.54, 1.807) is 24.3 Å². The number of likely N-dealkylation sites (tertiary alicyclic amines) is 1. The van der Waals surface area contributed by atoms with Crippen LogP contribution in [0.15, 0.2) is 54.7 Å². The Morgan fingerprint density at radius 2 is 1.72 bits per heavy atom. The lowest BCUT2D eigenvalue weighted by molar-refractivity contribution is -0.249. The summed E-state index contributed by atoms with van der Waals surface area (Å²) in [6, 6.07) is 7.94. The molecule has 8 atom stereocenters. The van der Waals surface area contributed by atoms with Gasteiger partial charge in [0.25, 0.3) is 11.8 Å². The van der Waals surface area contributed by atoms with Crippen LogP contribution in [-0.2, 0) is 30.3 Å². The molecule has 0 saturated carbocycles. The highest BCUT2D eigenvalue weighted by Crippen LogP contribution is 2.52. The molecule has 8 rings (SSSR count). The molecule has 3 aromatic carbocycles. The van der Waals surface area contributed by atoms with Crippen LogP contribution in [0.1, 0.15) is 92.5 Å². The molecule has 4 unspecified atom stereocenters. The molecule has 0 spiro atoms. The number of nitrogens with zero attached hydrogens (tertiary/aromatic N) is 2. The number of rotatable bonds is 10. The fraction of sp³-hybridized carbons (Fsp3) is 0.400. The number of aromatic nitrogens is 1. The number of pyridine rings is 1. The number of aliphatic hydroxyl groups excluding tert-OH is 2. The second-order valence-electron chi connectivity index (χ2n) is 16.7. The molecule has 4 aromatic rings. The molecule has 2 saturated heterocycles. The summed E-state index contributed by atoms with van der Waals surface area (Å²) >= 11 is 0. The second-order valence-corrected chi connectivity index (χ2v) is 16.7. The fourth-order valence-electron chi connectivity index (χ4n) is 9.30. The van der Waals surface area contributed by atoms with Crippen LogP contribution in [-0.4, -0.2) is 139 Å². The van der Waals surface area contributed by atoms with E-state index < -0.39 is 151 Å². The summed E-state index contributed by atoms with van der Waals surface area (Å²) in [6.07, 6.45) is -7.31. The number of benzene rings is 3. The number of carbonyl (C=O) groups excluding carboxylic acids is 6. The molecule has 2 aliphatic carbocycles. The number of nitrogens with one attached hydrogen (secondary N) is 2. The van der Waals surface area contributed by atoms with Crippen molar-refractivity contribution in [1.29, 1.82) is 0 Å². The number of phenolic OH excluding ortho intramolecular Hbond substituents is 2. The minimum absolute atomic E-state index is 0.00000444. The monoisotopic (exact) mass is 902 g/mol. The smallest absolute Gasteiger partial charge is 0.267 e. The topological polar surface area (TPSA) is 271 Å². The quantitative estimate of drug-likeness (QED) is 0.0985. The first-order valence-corrected chi connectivity index (χ1v) is 20.6. The summed E-state index contributed by atoms with van der Waals surface area (Å²) in [5, 5.41) is 61.7. The lowest BCUT2D eigenvalue weighted by atomic mass is 9.72. The minimum atomic E-state index is -3.51. The third kappa shape index (κ3) is 7.84. The van der Waals surface area contributed by atoms with Crippen LogP contribution in [0.5, 0.6) is 17.2 Å². The second kappa shape index (κ2) is 16.8. The highest BCUT2D eigenvalue weighted by atomic mass is 19.3. The summed E-state index contributed by atoms with van der Waals surface area (Å²) in [5.74, 6) is -10.8. The Morgan fingerprint density at radius 1 is 1.00 bits per heavy atom. The number of alkyl halides is 2. The number of carbonyl (C=O) groups is 6. The van der Waals surface area contributed by atoms with Gasteiger partial charge in [-0.1, -0.05) is 30.3 Å². The number of halogens is 2. The van der Waals surface area contributed by atoms with Crippen molar-refractivity contribution in [3.05, 3.63) is 93.7 Å². The van der Waals surface area contributed by atoms with Gasteiger partial charge in [0, 0.05) is 54.0 Å². The maximum absolute atomic E-state index is 15.1. The van der Waals surface area contributed by atoms with Gasteiger partial charge in [-0.05, 0) is 32.0 Å². The number of ether oxygens (including phenoxy) is 3. The third-order valence-corrected chi connectivity index (χ3v) is 12.6. The van der Waals surface area contributed by atoms with E-state index in [2.05, 4.69) is 15.6 Å². The van der Waals surface area contributed by atoms with Crippen molar-refractivity contribution in [2.45, 2.75) is 93.8 Å². The Labute approximate surface area is 368 Å². The van der Waals surface area contributed by atoms with Gasteiger partial charge in [0.1, 0.15) is 47.6 Å². The number of para-hydroxylation sites is 1. The molecule has 2 fully saturated rings. The lowest BCUT2D eigenvalue weighted by Crippen LogP contribution is -2.59. The van der Waals surface area contributed by atoms with E-state index in [1.807, 2.05) is 0 Å². The van der Waals surface area contributed by atoms with Gasteiger partial charge in [-0.3, -0.25) is 33.8 Å². The van der Waals surface area contributed by atoms with Crippen molar-refractivity contribution < 1.29 is 77.3 Å². The van der Waals surface area contributed by atoms with Crippen LogP contribution in [0, 0.1) is 0 Å². The van der Waals surface area contributed by atoms with E-state index in [4.69, 9.17) is 14.2 Å². The molecule has 20 heteroatoms. The fourth-order valence-corrected chi connectivity index (χ4v) is 9.30. The number of fused-ring (bicyclic) bond motifs is 4. The van der Waals surface area contributed by atoms with Gasteiger partial charge in [-0.25, -0.2) is 8.78 Å². The van der Waals surface area contributed by atoms with Crippen molar-refractivity contribution >= 4 is 46.0 Å². The van der Waals surface area contributed by atoms with Gasteiger partial charge in [-0.2, -0.15) is 0 Å². The number of Topliss-reactive ketones (excluding diaryl/α,β-unsaturated/α-hetero) is 1. The van der Waals surface area contributed by atoms with Gasteiger partial charge >= 0.3 is 0 Å². The van der Waals surface area contributed by atoms with Crippen molar-refractivity contribution in [2.24, 2.45) is 0 Å². The number of hydrogen-bond donors (Lipinski definition) is 7. The van der Waals surface area contributed by atoms with Crippen molar-refractivity contribution in [2.75, 3.05) is 20.3 Å². The zero-order valence-corrected chi connectivity index (χ0v) is 35.0. The third-order valence-electron chi connectivity index (χ3n) is 12.6. The van der Waals surface area contributed by atoms with E-state index in [0.29, 0.717) is 15.8 Å². The summed E-state index contributed by atoms with van der Waals surface area (Å²) in [6.45, 7) is 0.371. The molecular formula is C45H44F2N4O14. The van der Waals surface area contributed by atoms with Crippen molar-refractivity contribution in [3.63, 3.8) is 0 Å². The van der Waals surface area contributed by atoms with Crippen LogP contribution < -0.4 is 15.4 Å². The zero-order valence-electron chi connectivity index (χ0n) is 35.0. The predicted molar refractivity (Wildman–Crippen MR) is 219 cm³/mol. The molecule has 4 aliphatic rings. The van der Waals surface area contributed by atoms with Crippen molar-refractivity contribution in [1.82, 2.24) is 20.5 Å². The average molecular weight is 903 g/mol. The first-order chi connectivity index (χ1) is 30.8. The summed E-state index contributed by atoms with van der Waals surface area (Å²) in [4.78, 5) is 86.7. The zero-order chi connectivity index (χ0) is 46.9. The highest BCUT2D eigenvalue weighted by Gasteiger charge is 2.53. The minimum Gasteiger partial charge on any atom is -0.507 e. The largest absolute Gasteiger partial charge is 0.507 e. The molecule has 7 N–H and O–H groups in total. The normalized spacial score (nSPS) is 26.1. The standard InChI is InChI=1S/C45H44F2N4O14/c1-19(49-41(59)22-11-12-48-25-9-5-4-7-21(22)25)43(61)51-18-45(46,47)15-27(51)42(60)50-26-13-31(64-20(2)36(26)54)65-29-16-44(62,30(53)17-52)14-24-33(29)40(58)35-34(38(24)56)37(55)23-8-6-10-28(63-3)32(23)39(35)57/h4-12,19-20,26-27,29,31,36,52,54,56,58,62H,13-18H2,1-3H3,(H,49,59)(H,50,60)/t19-,20?,26?,27+,29+,31?,36?,44+/m1/s1. The Hall–Kier alpha value is -6.45. The van der Waals surface area contributed by atoms with E-state index in [1.165, 1.54) is 51.4 Å². The molecule has 2 aliphatic heterocycles. The van der Waals surface area contributed by atoms with Crippen LogP contribution in [0.2, 0.25) is 0 Å². The van der Waals surface area contributed by atoms with Crippen LogP contribution >= 0.6 is 0 Å². The Balaban J connectivity index is 1.04. The molecule has 342 valence electrons. The molecule has 1 aromatic heterocycles. The Bertz CT molecular complexity index is 2670. The summed E-state index contributed by atoms with van der Waals surface area (Å²) in [7, 11) is 1.27. The number of methoxy groups -OCH3 is 1. The van der Waals surface area contributed by atoms with Gasteiger partial charge in [-0.15, -0.1) is 0 Å². The molecule has 65 heavy (non-hydrogen) atoms. The first kappa shape index (κ1) is 45.1. The van der Waals surface area contributed by atoms with Crippen LogP contribution in [0.3, 0.4) is 0 Å². The first-order valence-electron chi connectivity index (χ1n) is 20.6. The number of aliphatic hydroxyl groups is 3. The van der Waals surface area contributed by atoms with Gasteiger partial charge in [0.2, 0.25) is 17.6 Å². The van der Waals surface area contributed by atoms with E-state index >= 15 is 8.78 Å². The Kier molecular flexibility index (Phi) is 11.7. The van der Waals surface area contributed by atoms with Crippen LogP contribution in [0.4, 0.5) is 8.78 Å². The predicted octanol–water partition coefficient (Wildman–Crippen LogP) is 1.76. The van der Waals surface area contributed by atoms with Crippen LogP contribution in [0.25, 0.3) is 10.9 Å². The average Bonchev–Trinajstić information content (AvgIpc) is 3.62. The maximum Gasteiger partial charge on any atom is 0.267 e. The molecular weight excluding hydrogens is 859 g/mol. The molecule has 0 bridgehead atoms. The SMILES string of the molecule is COc1cccc2c1C(=O)c1c(O)c3c(c(O)c1C2=O)C[C@@](O)(C(=O)CO)C[C@@H]3OC1CC(NC(=O)[C@@H]2CC(F)(F)CN2C(=O)[C@@H](C)NC(=O)c2ccnc3ccccc23)C(O)C(C)O1. The lowest BCUT2D eigenvalue weighted by Gasteiger charge is -2.43. The Morgan fingerprint density at radius 3 is 2.45 bits per heavy atom. The van der Waals surface area contributed by atoms with Crippen molar-refractivity contribution in [3.8, 4) is 17.2 Å². The number of phenols is 2. The maximum atomic E-state index is 15.1. The summed E-state index contributed by atoms with van der Waals surface area (Å²) < 4.78 is 47.5. The molecule has 3 heterocycles. The highest BCUT2D eigenvalue weighted by molar-refractivity contribution is 6.31. The molecule has 3 amide bonds. The van der Waals surface area contributed by atoms with Gasteiger partial charge in [0.15, 0.2) is 17.9 Å². The van der Waals surface area contributed by atoms with E-state index in [-0.39, 0.29) is 33.6 Å². The van der Waals surface area contributed by atoms with Gasteiger partial charge in [0.05, 0.1) is 59.7 Å². The number of amides is 3.